The van der Waals surface area contributed by atoms with Crippen molar-refractivity contribution in [3.05, 3.63) is 39.8 Å². The van der Waals surface area contributed by atoms with Crippen molar-refractivity contribution in [1.29, 1.82) is 0 Å². The lowest BCUT2D eigenvalue weighted by Crippen LogP contribution is -2.31. The Balaban J connectivity index is 2.30. The lowest BCUT2D eigenvalue weighted by molar-refractivity contribution is 0.0695. The highest BCUT2D eigenvalue weighted by Crippen LogP contribution is 2.19. The molecule has 0 aromatic carbocycles. The van der Waals surface area contributed by atoms with Crippen LogP contribution in [0.1, 0.15) is 34.8 Å². The van der Waals surface area contributed by atoms with Crippen LogP contribution >= 0.6 is 11.3 Å². The number of carboxylic acids is 1. The van der Waals surface area contributed by atoms with E-state index in [0.29, 0.717) is 11.6 Å². The molecule has 2 aromatic rings. The van der Waals surface area contributed by atoms with Gasteiger partial charge in [0.15, 0.2) is 0 Å². The monoisotopic (exact) mass is 291 g/mol. The van der Waals surface area contributed by atoms with Crippen LogP contribution in [0.2, 0.25) is 0 Å². The summed E-state index contributed by atoms with van der Waals surface area (Å²) in [4.78, 5) is 22.8. The maximum absolute atomic E-state index is 11.0. The summed E-state index contributed by atoms with van der Waals surface area (Å²) in [7, 11) is 0. The first-order chi connectivity index (χ1) is 9.49. The lowest BCUT2D eigenvalue weighted by Gasteiger charge is -2.26. The molecule has 0 amide bonds. The zero-order valence-corrected chi connectivity index (χ0v) is 12.5. The number of hydrogen-bond acceptors (Lipinski definition) is 5. The van der Waals surface area contributed by atoms with Crippen LogP contribution in [-0.2, 0) is 6.54 Å². The Hall–Kier alpha value is -1.95. The second kappa shape index (κ2) is 6.00. The van der Waals surface area contributed by atoms with E-state index >= 15 is 0 Å². The van der Waals surface area contributed by atoms with Crippen LogP contribution in [0.15, 0.2) is 23.7 Å². The van der Waals surface area contributed by atoms with Crippen LogP contribution in [0.3, 0.4) is 0 Å². The molecule has 20 heavy (non-hydrogen) atoms. The number of aromatic nitrogens is 2. The molecule has 0 aliphatic heterocycles. The van der Waals surface area contributed by atoms with Crippen molar-refractivity contribution in [3.63, 3.8) is 0 Å². The Labute approximate surface area is 121 Å². The van der Waals surface area contributed by atoms with Gasteiger partial charge < -0.3 is 10.0 Å². The number of rotatable bonds is 5. The van der Waals surface area contributed by atoms with Crippen molar-refractivity contribution < 1.29 is 9.90 Å². The second-order valence-corrected chi connectivity index (χ2v) is 5.81. The molecule has 0 fully saturated rings. The Morgan fingerprint density at radius 1 is 1.50 bits per heavy atom. The molecule has 1 N–H and O–H groups in total. The summed E-state index contributed by atoms with van der Waals surface area (Å²) in [6.45, 7) is 6.55. The minimum Gasteiger partial charge on any atom is -0.478 e. The van der Waals surface area contributed by atoms with Gasteiger partial charge in [0, 0.05) is 17.1 Å². The first kappa shape index (κ1) is 14.5. The number of thiophene rings is 1. The molecule has 0 saturated heterocycles. The van der Waals surface area contributed by atoms with Gasteiger partial charge in [0.2, 0.25) is 5.95 Å². The number of nitrogens with zero attached hydrogens (tertiary/aromatic N) is 3. The van der Waals surface area contributed by atoms with Crippen molar-refractivity contribution in [2.75, 3.05) is 4.90 Å². The van der Waals surface area contributed by atoms with Gasteiger partial charge in [-0.2, -0.15) is 0 Å². The van der Waals surface area contributed by atoms with E-state index in [0.717, 1.165) is 6.54 Å². The van der Waals surface area contributed by atoms with Gasteiger partial charge in [-0.3, -0.25) is 0 Å². The normalized spacial score (nSPS) is 10.8. The van der Waals surface area contributed by atoms with Crippen molar-refractivity contribution in [2.24, 2.45) is 0 Å². The van der Waals surface area contributed by atoms with Crippen LogP contribution < -0.4 is 4.90 Å². The third kappa shape index (κ3) is 3.14. The number of hydrogen-bond donors (Lipinski definition) is 1. The van der Waals surface area contributed by atoms with E-state index in [2.05, 4.69) is 34.8 Å². The maximum Gasteiger partial charge on any atom is 0.339 e. The van der Waals surface area contributed by atoms with Crippen LogP contribution in [0, 0.1) is 6.92 Å². The lowest BCUT2D eigenvalue weighted by atomic mass is 10.2. The van der Waals surface area contributed by atoms with Gasteiger partial charge in [-0.15, -0.1) is 11.3 Å². The van der Waals surface area contributed by atoms with Gasteiger partial charge in [-0.25, -0.2) is 14.8 Å². The first-order valence-electron chi connectivity index (χ1n) is 6.35. The largest absolute Gasteiger partial charge is 0.478 e. The molecule has 0 aliphatic carbocycles. The van der Waals surface area contributed by atoms with Gasteiger partial charge in [0.25, 0.3) is 0 Å². The Bertz CT molecular complexity index is 596. The second-order valence-electron chi connectivity index (χ2n) is 4.78. The van der Waals surface area contributed by atoms with E-state index in [1.807, 2.05) is 11.4 Å². The predicted octanol–water partition coefficient (Wildman–Crippen LogP) is 2.96. The highest BCUT2D eigenvalue weighted by molar-refractivity contribution is 7.09. The third-order valence-electron chi connectivity index (χ3n) is 2.98. The first-order valence-corrected chi connectivity index (χ1v) is 7.23. The van der Waals surface area contributed by atoms with Gasteiger partial charge in [0.05, 0.1) is 17.8 Å². The summed E-state index contributed by atoms with van der Waals surface area (Å²) in [6.07, 6.45) is 1.38. The smallest absolute Gasteiger partial charge is 0.339 e. The minimum absolute atomic E-state index is 0.147. The number of carbonyl (C=O) groups is 1. The van der Waals surface area contributed by atoms with Crippen molar-refractivity contribution in [2.45, 2.75) is 33.4 Å². The van der Waals surface area contributed by atoms with Crippen molar-refractivity contribution >= 4 is 23.3 Å². The fourth-order valence-electron chi connectivity index (χ4n) is 1.86. The summed E-state index contributed by atoms with van der Waals surface area (Å²) in [5, 5.41) is 11.1. The number of anilines is 1. The minimum atomic E-state index is -0.997. The van der Waals surface area contributed by atoms with Crippen LogP contribution in [0.5, 0.6) is 0 Å². The van der Waals surface area contributed by atoms with Gasteiger partial charge in [0.1, 0.15) is 0 Å². The topological polar surface area (TPSA) is 66.3 Å². The third-order valence-corrected chi connectivity index (χ3v) is 3.84. The van der Waals surface area contributed by atoms with Crippen LogP contribution in [0.25, 0.3) is 0 Å². The van der Waals surface area contributed by atoms with E-state index in [1.165, 1.54) is 11.1 Å². The fourth-order valence-corrected chi connectivity index (χ4v) is 2.56. The van der Waals surface area contributed by atoms with E-state index in [-0.39, 0.29) is 11.6 Å². The fraction of sp³-hybridized carbons (Fsp3) is 0.357. The van der Waals surface area contributed by atoms with Crippen LogP contribution in [0.4, 0.5) is 5.95 Å². The molecular weight excluding hydrogens is 274 g/mol. The SMILES string of the molecule is Cc1nc(N(Cc2cccs2)C(C)C)ncc1C(=O)O. The molecule has 5 nitrogen and oxygen atoms in total. The number of aromatic carboxylic acids is 1. The molecule has 0 bridgehead atoms. The Kier molecular flexibility index (Phi) is 4.34. The summed E-state index contributed by atoms with van der Waals surface area (Å²) in [5.41, 5.74) is 0.632. The maximum atomic E-state index is 11.0. The average Bonchev–Trinajstić information content (AvgIpc) is 2.87. The van der Waals surface area contributed by atoms with Gasteiger partial charge in [-0.05, 0) is 32.2 Å². The van der Waals surface area contributed by atoms with Crippen LogP contribution in [-0.4, -0.2) is 27.1 Å². The molecule has 2 heterocycles. The predicted molar refractivity (Wildman–Crippen MR) is 79.4 cm³/mol. The Morgan fingerprint density at radius 2 is 2.25 bits per heavy atom. The molecular formula is C14H17N3O2S. The van der Waals surface area contributed by atoms with Gasteiger partial charge in [-0.1, -0.05) is 6.07 Å². The summed E-state index contributed by atoms with van der Waals surface area (Å²) >= 11 is 1.68. The van der Waals surface area contributed by atoms with Crippen molar-refractivity contribution in [3.8, 4) is 0 Å². The van der Waals surface area contributed by atoms with E-state index in [4.69, 9.17) is 5.11 Å². The van der Waals surface area contributed by atoms with Crippen molar-refractivity contribution in [1.82, 2.24) is 9.97 Å². The molecule has 0 saturated carbocycles. The Morgan fingerprint density at radius 3 is 2.75 bits per heavy atom. The zero-order chi connectivity index (χ0) is 14.7. The zero-order valence-electron chi connectivity index (χ0n) is 11.7. The molecule has 6 heteroatoms. The van der Waals surface area contributed by atoms with Gasteiger partial charge >= 0.3 is 5.97 Å². The average molecular weight is 291 g/mol. The highest BCUT2D eigenvalue weighted by atomic mass is 32.1. The standard InChI is InChI=1S/C14H17N3O2S/c1-9(2)17(8-11-5-4-6-20-11)14-15-7-12(13(18)19)10(3)16-14/h4-7,9H,8H2,1-3H3,(H,18,19). The van der Waals surface area contributed by atoms with E-state index in [9.17, 15) is 4.79 Å². The molecule has 0 spiro atoms. The molecule has 106 valence electrons. The summed E-state index contributed by atoms with van der Waals surface area (Å²) in [6, 6.07) is 4.31. The quantitative estimate of drug-likeness (QED) is 0.917. The molecule has 0 atom stereocenters. The summed E-state index contributed by atoms with van der Waals surface area (Å²) < 4.78 is 0. The molecule has 2 rings (SSSR count). The number of aryl methyl sites for hydroxylation is 1. The summed E-state index contributed by atoms with van der Waals surface area (Å²) in [5.74, 6) is -0.431. The van der Waals surface area contributed by atoms with E-state index in [1.54, 1.807) is 18.3 Å². The molecule has 0 radical (unpaired) electrons. The number of carboxylic acid groups (broad SMARTS) is 1. The van der Waals surface area contributed by atoms with E-state index < -0.39 is 5.97 Å². The molecule has 2 aromatic heterocycles. The molecule has 0 unspecified atom stereocenters. The highest BCUT2D eigenvalue weighted by Gasteiger charge is 2.17. The molecule has 0 aliphatic rings.